The van der Waals surface area contributed by atoms with Crippen LogP contribution in [-0.2, 0) is 9.53 Å². The summed E-state index contributed by atoms with van der Waals surface area (Å²) in [6.07, 6.45) is 1.21. The molecule has 0 spiro atoms. The van der Waals surface area contributed by atoms with Crippen molar-refractivity contribution in [2.75, 3.05) is 0 Å². The third-order valence-corrected chi connectivity index (χ3v) is 2.61. The van der Waals surface area contributed by atoms with Crippen molar-refractivity contribution in [2.45, 2.75) is 70.5 Å². The monoisotopic (exact) mass is 216 g/mol. The smallest absolute Gasteiger partial charge is 0.306 e. The number of unbranched alkanes of at least 4 members (excludes halogenated alkanes) is 3. The van der Waals surface area contributed by atoms with Gasteiger partial charge in [-0.3, -0.25) is 4.79 Å². The number of carbonyl (C=O) groups excluding carboxylic acids is 1. The molecular formula is C12H22O3. The Kier molecular flexibility index (Phi) is 4.39. The zero-order valence-electron chi connectivity index (χ0n) is 11.4. The van der Waals surface area contributed by atoms with Gasteiger partial charge in [0.1, 0.15) is 6.08 Å². The lowest BCUT2D eigenvalue weighted by Crippen LogP contribution is -2.34. The van der Waals surface area contributed by atoms with Crippen LogP contribution in [0.4, 0.5) is 0 Å². The zero-order valence-corrected chi connectivity index (χ0v) is 9.42. The predicted molar refractivity (Wildman–Crippen MR) is 58.5 cm³/mol. The van der Waals surface area contributed by atoms with Gasteiger partial charge >= 0.3 is 5.97 Å². The molecule has 0 bridgehead atoms. The van der Waals surface area contributed by atoms with Crippen LogP contribution in [0.5, 0.6) is 0 Å². The molecule has 1 aliphatic rings. The van der Waals surface area contributed by atoms with Crippen LogP contribution < -0.4 is 0 Å². The average Bonchev–Trinajstić information content (AvgIpc) is 2.24. The maximum Gasteiger partial charge on any atom is 0.306 e. The SMILES string of the molecule is [2H]C(O)(CCCCCC)C1([2H])CCCC(=O)O1. The third kappa shape index (κ3) is 4.65. The second-order valence-electron chi connectivity index (χ2n) is 4.01. The minimum absolute atomic E-state index is 0.184. The lowest BCUT2D eigenvalue weighted by molar-refractivity contribution is -0.161. The molecule has 88 valence electrons. The third-order valence-electron chi connectivity index (χ3n) is 2.61. The number of hydrogen-bond acceptors (Lipinski definition) is 3. The highest BCUT2D eigenvalue weighted by Crippen LogP contribution is 2.20. The summed E-state index contributed by atoms with van der Waals surface area (Å²) in [4.78, 5) is 11.2. The van der Waals surface area contributed by atoms with Crippen LogP contribution >= 0.6 is 0 Å². The van der Waals surface area contributed by atoms with Gasteiger partial charge in [0.25, 0.3) is 0 Å². The molecule has 15 heavy (non-hydrogen) atoms. The summed E-state index contributed by atoms with van der Waals surface area (Å²) in [5, 5.41) is 10.0. The van der Waals surface area contributed by atoms with Crippen molar-refractivity contribution in [3.63, 3.8) is 0 Å². The molecule has 1 aliphatic heterocycles. The van der Waals surface area contributed by atoms with Crippen molar-refractivity contribution in [1.29, 1.82) is 0 Å². The summed E-state index contributed by atoms with van der Waals surface area (Å²) in [5.74, 6) is -0.481. The van der Waals surface area contributed by atoms with Crippen LogP contribution in [-0.4, -0.2) is 23.2 Å². The van der Waals surface area contributed by atoms with E-state index in [1.165, 1.54) is 0 Å². The summed E-state index contributed by atoms with van der Waals surface area (Å²) in [6, 6.07) is 0. The quantitative estimate of drug-likeness (QED) is 0.548. The van der Waals surface area contributed by atoms with E-state index in [0.29, 0.717) is 12.8 Å². The van der Waals surface area contributed by atoms with Crippen molar-refractivity contribution >= 4 is 5.97 Å². The van der Waals surface area contributed by atoms with Crippen molar-refractivity contribution in [3.8, 4) is 0 Å². The fraction of sp³-hybridized carbons (Fsp3) is 0.917. The maximum absolute atomic E-state index is 11.2. The Hall–Kier alpha value is -0.570. The molecule has 1 N–H and O–H groups in total. The molecule has 0 aromatic heterocycles. The van der Waals surface area contributed by atoms with E-state index in [2.05, 4.69) is 6.92 Å². The van der Waals surface area contributed by atoms with E-state index in [-0.39, 0.29) is 19.3 Å². The van der Waals surface area contributed by atoms with Crippen LogP contribution in [0.3, 0.4) is 0 Å². The van der Waals surface area contributed by atoms with E-state index in [1.54, 1.807) is 0 Å². The standard InChI is InChI=1S/C12H22O3/c1-2-3-4-5-7-10(13)11-8-6-9-12(14)15-11/h10-11,13H,2-9H2,1H3/i10D,11D. The molecule has 2 unspecified atom stereocenters. The highest BCUT2D eigenvalue weighted by Gasteiger charge is 2.26. The van der Waals surface area contributed by atoms with Gasteiger partial charge in [-0.05, 0) is 19.3 Å². The number of hydrogen-bond donors (Lipinski definition) is 1. The highest BCUT2D eigenvalue weighted by molar-refractivity contribution is 5.70. The number of rotatable bonds is 6. The average molecular weight is 216 g/mol. The molecule has 0 saturated carbocycles. The second-order valence-corrected chi connectivity index (χ2v) is 4.01. The summed E-state index contributed by atoms with van der Waals surface area (Å²) < 4.78 is 20.7. The molecule has 0 aromatic rings. The first-order valence-corrected chi connectivity index (χ1v) is 5.85. The van der Waals surface area contributed by atoms with Gasteiger partial charge in [0.05, 0.1) is 8.82 Å². The first-order chi connectivity index (χ1) is 7.91. The zero-order chi connectivity index (χ0) is 12.9. The van der Waals surface area contributed by atoms with E-state index in [0.717, 1.165) is 19.3 Å². The van der Waals surface area contributed by atoms with Gasteiger partial charge in [0, 0.05) is 6.42 Å². The van der Waals surface area contributed by atoms with Crippen LogP contribution in [0.1, 0.15) is 61.0 Å². The number of esters is 1. The molecule has 1 rings (SSSR count). The molecule has 0 radical (unpaired) electrons. The Bertz CT molecular complexity index is 268. The normalized spacial score (nSPS) is 32.5. The van der Waals surface area contributed by atoms with Crippen molar-refractivity contribution in [1.82, 2.24) is 0 Å². The van der Waals surface area contributed by atoms with E-state index < -0.39 is 18.1 Å². The Balaban J connectivity index is 2.51. The largest absolute Gasteiger partial charge is 0.460 e. The van der Waals surface area contributed by atoms with Gasteiger partial charge in [-0.15, -0.1) is 0 Å². The minimum atomic E-state index is -1.99. The van der Waals surface area contributed by atoms with Gasteiger partial charge < -0.3 is 9.84 Å². The number of carbonyl (C=O) groups is 1. The second kappa shape index (κ2) is 6.83. The van der Waals surface area contributed by atoms with Crippen LogP contribution in [0.2, 0.25) is 0 Å². The summed E-state index contributed by atoms with van der Waals surface area (Å²) in [6.45, 7) is 2.09. The van der Waals surface area contributed by atoms with E-state index in [1.807, 2.05) is 0 Å². The van der Waals surface area contributed by atoms with Crippen LogP contribution in [0, 0.1) is 0 Å². The van der Waals surface area contributed by atoms with Crippen LogP contribution in [0.15, 0.2) is 0 Å². The minimum Gasteiger partial charge on any atom is -0.460 e. The first-order valence-electron chi connectivity index (χ1n) is 6.85. The number of cyclic esters (lactones) is 1. The molecule has 3 nitrogen and oxygen atoms in total. The molecule has 0 aliphatic carbocycles. The lowest BCUT2D eigenvalue weighted by Gasteiger charge is -2.26. The van der Waals surface area contributed by atoms with Gasteiger partial charge in [0.2, 0.25) is 0 Å². The Labute approximate surface area is 94.6 Å². The van der Waals surface area contributed by atoms with Gasteiger partial charge in [-0.25, -0.2) is 0 Å². The predicted octanol–water partition coefficient (Wildman–Crippen LogP) is 2.41. The van der Waals surface area contributed by atoms with Gasteiger partial charge in [-0.1, -0.05) is 32.6 Å². The van der Waals surface area contributed by atoms with Gasteiger partial charge in [-0.2, -0.15) is 0 Å². The molecule has 1 heterocycles. The van der Waals surface area contributed by atoms with Gasteiger partial charge in [0.15, 0.2) is 0 Å². The molecule has 0 amide bonds. The van der Waals surface area contributed by atoms with E-state index >= 15 is 0 Å². The Morgan fingerprint density at radius 1 is 1.67 bits per heavy atom. The molecule has 1 saturated heterocycles. The summed E-state index contributed by atoms with van der Waals surface area (Å²) in [5.41, 5.74) is 0. The molecule has 0 aromatic carbocycles. The Morgan fingerprint density at radius 3 is 3.13 bits per heavy atom. The fourth-order valence-corrected chi connectivity index (χ4v) is 1.69. The van der Waals surface area contributed by atoms with Crippen LogP contribution in [0.25, 0.3) is 0 Å². The fourth-order valence-electron chi connectivity index (χ4n) is 1.69. The van der Waals surface area contributed by atoms with Crippen molar-refractivity contribution in [3.05, 3.63) is 0 Å². The number of aliphatic hydroxyl groups is 1. The van der Waals surface area contributed by atoms with Crippen molar-refractivity contribution in [2.24, 2.45) is 0 Å². The molecular weight excluding hydrogens is 192 g/mol. The first kappa shape index (κ1) is 9.64. The Morgan fingerprint density at radius 2 is 2.47 bits per heavy atom. The number of ether oxygens (including phenoxy) is 1. The molecule has 3 heteroatoms. The van der Waals surface area contributed by atoms with E-state index in [4.69, 9.17) is 7.48 Å². The topological polar surface area (TPSA) is 46.5 Å². The summed E-state index contributed by atoms with van der Waals surface area (Å²) >= 11 is 0. The molecule has 1 fully saturated rings. The molecule has 2 atom stereocenters. The highest BCUT2D eigenvalue weighted by atomic mass is 16.6. The lowest BCUT2D eigenvalue weighted by atomic mass is 9.99. The maximum atomic E-state index is 11.2. The summed E-state index contributed by atoms with van der Waals surface area (Å²) in [7, 11) is 0. The van der Waals surface area contributed by atoms with Crippen molar-refractivity contribution < 1.29 is 17.4 Å². The van der Waals surface area contributed by atoms with E-state index in [9.17, 15) is 9.90 Å².